The minimum absolute atomic E-state index is 0.0951. The van der Waals surface area contributed by atoms with E-state index in [9.17, 15) is 9.59 Å². The molecular formula is C27H33N3O4. The summed E-state index contributed by atoms with van der Waals surface area (Å²) >= 11 is 0. The minimum atomic E-state index is -0.468. The van der Waals surface area contributed by atoms with Crippen LogP contribution in [0.3, 0.4) is 0 Å². The van der Waals surface area contributed by atoms with Gasteiger partial charge in [0, 0.05) is 24.4 Å². The van der Waals surface area contributed by atoms with E-state index in [2.05, 4.69) is 10.4 Å². The number of nitrogens with one attached hydrogen (secondary N) is 1. The number of aryl methyl sites for hydroxylation is 1. The number of hydrogen-bond donors (Lipinski definition) is 1. The van der Waals surface area contributed by atoms with E-state index in [1.807, 2.05) is 64.1 Å². The Bertz CT molecular complexity index is 1150. The number of hydrogen-bond acceptors (Lipinski definition) is 5. The van der Waals surface area contributed by atoms with Crippen LogP contribution in [0.1, 0.15) is 65.7 Å². The Kier molecular flexibility index (Phi) is 8.23. The Morgan fingerprint density at radius 3 is 2.35 bits per heavy atom. The Morgan fingerprint density at radius 1 is 1.03 bits per heavy atom. The normalized spacial score (nSPS) is 12.0. The molecule has 0 aliphatic carbocycles. The summed E-state index contributed by atoms with van der Waals surface area (Å²) in [5.41, 5.74) is 5.30. The molecule has 2 aromatic carbocycles. The van der Waals surface area contributed by atoms with Crippen LogP contribution < -0.4 is 5.32 Å². The highest BCUT2D eigenvalue weighted by atomic mass is 16.5. The average molecular weight is 464 g/mol. The first-order valence-corrected chi connectivity index (χ1v) is 11.5. The molecule has 0 aliphatic heterocycles. The highest BCUT2D eigenvalue weighted by Crippen LogP contribution is 2.28. The van der Waals surface area contributed by atoms with E-state index < -0.39 is 5.97 Å². The van der Waals surface area contributed by atoms with Gasteiger partial charge < -0.3 is 14.8 Å². The highest BCUT2D eigenvalue weighted by molar-refractivity contribution is 5.96. The van der Waals surface area contributed by atoms with Crippen LogP contribution in [0.15, 0.2) is 48.5 Å². The fourth-order valence-corrected chi connectivity index (χ4v) is 3.69. The molecule has 0 aliphatic rings. The number of carbonyl (C=O) groups excluding carboxylic acids is 2. The molecule has 1 amide bonds. The molecule has 0 bridgehead atoms. The van der Waals surface area contributed by atoms with Crippen LogP contribution in [0.5, 0.6) is 0 Å². The second-order valence-electron chi connectivity index (χ2n) is 8.71. The van der Waals surface area contributed by atoms with Crippen LogP contribution in [0.2, 0.25) is 0 Å². The van der Waals surface area contributed by atoms with E-state index >= 15 is 0 Å². The van der Waals surface area contributed by atoms with Gasteiger partial charge in [0.2, 0.25) is 0 Å². The Morgan fingerprint density at radius 2 is 1.74 bits per heavy atom. The standard InChI is InChI=1S/C27H33N3O4/c1-7-34-27(32)24-15-25(17(2)3)30(29-24)23-13-21(20-10-8-18(4)9-11-20)12-22(14-23)26(31)28-19(5)16-33-6/h8-15,17,19H,7,16H2,1-6H3,(H,28,31). The lowest BCUT2D eigenvalue weighted by atomic mass is 10.00. The van der Waals surface area contributed by atoms with Gasteiger partial charge in [0.1, 0.15) is 0 Å². The van der Waals surface area contributed by atoms with Crippen molar-refractivity contribution in [3.8, 4) is 16.8 Å². The Balaban J connectivity index is 2.14. The van der Waals surface area contributed by atoms with E-state index in [1.54, 1.807) is 30.8 Å². The van der Waals surface area contributed by atoms with Crippen molar-refractivity contribution >= 4 is 11.9 Å². The third kappa shape index (κ3) is 5.91. The third-order valence-corrected chi connectivity index (χ3v) is 5.42. The van der Waals surface area contributed by atoms with Crippen LogP contribution >= 0.6 is 0 Å². The van der Waals surface area contributed by atoms with Crippen molar-refractivity contribution < 1.29 is 19.1 Å². The maximum absolute atomic E-state index is 13.1. The lowest BCUT2D eigenvalue weighted by Gasteiger charge is -2.16. The van der Waals surface area contributed by atoms with E-state index in [4.69, 9.17) is 9.47 Å². The maximum atomic E-state index is 13.1. The quantitative estimate of drug-likeness (QED) is 0.456. The monoisotopic (exact) mass is 463 g/mol. The number of ether oxygens (including phenoxy) is 2. The zero-order valence-electron chi connectivity index (χ0n) is 20.7. The molecule has 0 radical (unpaired) electrons. The molecule has 34 heavy (non-hydrogen) atoms. The average Bonchev–Trinajstić information content (AvgIpc) is 3.26. The summed E-state index contributed by atoms with van der Waals surface area (Å²) in [5, 5.41) is 7.52. The van der Waals surface area contributed by atoms with Gasteiger partial charge in [-0.25, -0.2) is 9.48 Å². The van der Waals surface area contributed by atoms with Gasteiger partial charge in [-0.3, -0.25) is 4.79 Å². The fourth-order valence-electron chi connectivity index (χ4n) is 3.69. The number of aromatic nitrogens is 2. The van der Waals surface area contributed by atoms with Crippen molar-refractivity contribution in [1.29, 1.82) is 0 Å². The topological polar surface area (TPSA) is 82.5 Å². The van der Waals surface area contributed by atoms with Crippen molar-refractivity contribution in [2.24, 2.45) is 0 Å². The summed E-state index contributed by atoms with van der Waals surface area (Å²) in [4.78, 5) is 25.5. The predicted octanol–water partition coefficient (Wildman–Crippen LogP) is 4.91. The molecule has 1 N–H and O–H groups in total. The molecule has 1 aromatic heterocycles. The smallest absolute Gasteiger partial charge is 0.358 e. The minimum Gasteiger partial charge on any atom is -0.461 e. The second kappa shape index (κ2) is 11.1. The first-order valence-electron chi connectivity index (χ1n) is 11.5. The maximum Gasteiger partial charge on any atom is 0.358 e. The van der Waals surface area contributed by atoms with Crippen molar-refractivity contribution in [2.45, 2.75) is 46.6 Å². The SMILES string of the molecule is CCOC(=O)c1cc(C(C)C)n(-c2cc(C(=O)NC(C)COC)cc(-c3ccc(C)cc3)c2)n1. The summed E-state index contributed by atoms with van der Waals surface area (Å²) < 4.78 is 12.0. The number of rotatable bonds is 9. The number of esters is 1. The number of methoxy groups -OCH3 is 1. The Hall–Kier alpha value is -3.45. The van der Waals surface area contributed by atoms with Gasteiger partial charge >= 0.3 is 5.97 Å². The molecule has 0 fully saturated rings. The highest BCUT2D eigenvalue weighted by Gasteiger charge is 2.20. The summed E-state index contributed by atoms with van der Waals surface area (Å²) in [5.74, 6) is -0.578. The van der Waals surface area contributed by atoms with Crippen LogP contribution in [-0.2, 0) is 9.47 Å². The van der Waals surface area contributed by atoms with Gasteiger partial charge in [-0.2, -0.15) is 5.10 Å². The molecule has 3 rings (SSSR count). The van der Waals surface area contributed by atoms with Gasteiger partial charge in [-0.1, -0.05) is 43.7 Å². The molecule has 0 saturated heterocycles. The first kappa shape index (κ1) is 25.2. The molecule has 1 atom stereocenters. The summed E-state index contributed by atoms with van der Waals surface area (Å²) in [6, 6.07) is 15.4. The van der Waals surface area contributed by atoms with E-state index in [-0.39, 0.29) is 30.2 Å². The molecule has 3 aromatic rings. The van der Waals surface area contributed by atoms with Crippen molar-refractivity contribution in [3.63, 3.8) is 0 Å². The molecule has 7 heteroatoms. The summed E-state index contributed by atoms with van der Waals surface area (Å²) in [6.45, 7) is 10.4. The van der Waals surface area contributed by atoms with Crippen LogP contribution in [0.25, 0.3) is 16.8 Å². The van der Waals surface area contributed by atoms with Crippen LogP contribution in [0, 0.1) is 6.92 Å². The number of nitrogens with zero attached hydrogens (tertiary/aromatic N) is 2. The van der Waals surface area contributed by atoms with Gasteiger partial charge in [0.15, 0.2) is 5.69 Å². The van der Waals surface area contributed by atoms with Gasteiger partial charge in [-0.05, 0) is 62.1 Å². The van der Waals surface area contributed by atoms with Crippen molar-refractivity contribution in [1.82, 2.24) is 15.1 Å². The van der Waals surface area contributed by atoms with Gasteiger partial charge in [-0.15, -0.1) is 0 Å². The van der Waals surface area contributed by atoms with Crippen molar-refractivity contribution in [2.75, 3.05) is 20.3 Å². The molecule has 7 nitrogen and oxygen atoms in total. The molecule has 0 saturated carbocycles. The largest absolute Gasteiger partial charge is 0.461 e. The number of amides is 1. The number of benzene rings is 2. The molecule has 1 unspecified atom stereocenters. The van der Waals surface area contributed by atoms with Crippen LogP contribution in [-0.4, -0.2) is 48.0 Å². The van der Waals surface area contributed by atoms with E-state index in [1.165, 1.54) is 0 Å². The Labute approximate surface area is 201 Å². The van der Waals surface area contributed by atoms with E-state index in [0.717, 1.165) is 22.4 Å². The molecule has 0 spiro atoms. The zero-order valence-corrected chi connectivity index (χ0v) is 20.7. The molecule has 1 heterocycles. The fraction of sp³-hybridized carbons (Fsp3) is 0.370. The second-order valence-corrected chi connectivity index (χ2v) is 8.71. The van der Waals surface area contributed by atoms with Crippen molar-refractivity contribution in [3.05, 3.63) is 71.0 Å². The molecular weight excluding hydrogens is 430 g/mol. The van der Waals surface area contributed by atoms with Crippen LogP contribution in [0.4, 0.5) is 0 Å². The van der Waals surface area contributed by atoms with E-state index in [0.29, 0.717) is 17.9 Å². The lowest BCUT2D eigenvalue weighted by molar-refractivity contribution is 0.0518. The third-order valence-electron chi connectivity index (χ3n) is 5.42. The lowest BCUT2D eigenvalue weighted by Crippen LogP contribution is -2.35. The van der Waals surface area contributed by atoms with Gasteiger partial charge in [0.25, 0.3) is 5.91 Å². The summed E-state index contributed by atoms with van der Waals surface area (Å²) in [7, 11) is 1.60. The van der Waals surface area contributed by atoms with Gasteiger partial charge in [0.05, 0.1) is 18.9 Å². The first-order chi connectivity index (χ1) is 16.2. The number of carbonyl (C=O) groups is 2. The summed E-state index contributed by atoms with van der Waals surface area (Å²) in [6.07, 6.45) is 0. The predicted molar refractivity (Wildman–Crippen MR) is 133 cm³/mol. The molecule has 180 valence electrons. The zero-order chi connectivity index (χ0) is 24.8.